The van der Waals surface area contributed by atoms with Gasteiger partial charge in [0.15, 0.2) is 5.78 Å². The molecule has 0 aliphatic rings. The molecule has 134 valence electrons. The summed E-state index contributed by atoms with van der Waals surface area (Å²) in [7, 11) is 0. The highest BCUT2D eigenvalue weighted by molar-refractivity contribution is 7.18. The van der Waals surface area contributed by atoms with Gasteiger partial charge >= 0.3 is 0 Å². The molecule has 1 aromatic carbocycles. The van der Waals surface area contributed by atoms with Crippen LogP contribution in [-0.2, 0) is 4.79 Å². The quantitative estimate of drug-likeness (QED) is 0.661. The molecule has 1 N–H and O–H groups in total. The standard InChI is InChI=1S/C19H23ClN2O2S/c1-3-22(15-7-5-4-6-14(15)2)13-12-21-19(24)11-8-16(23)17-9-10-18(20)25-17/h4-7,9-10H,3,8,11-13H2,1-2H3,(H,21,24). The Morgan fingerprint density at radius 3 is 2.56 bits per heavy atom. The van der Waals surface area contributed by atoms with E-state index < -0.39 is 0 Å². The van der Waals surface area contributed by atoms with Crippen LogP contribution in [-0.4, -0.2) is 31.3 Å². The molecule has 0 radical (unpaired) electrons. The lowest BCUT2D eigenvalue weighted by Gasteiger charge is -2.25. The molecular formula is C19H23ClN2O2S. The third kappa shape index (κ3) is 5.87. The van der Waals surface area contributed by atoms with Gasteiger partial charge in [0.2, 0.25) is 5.91 Å². The number of anilines is 1. The van der Waals surface area contributed by atoms with Crippen LogP contribution in [0.2, 0.25) is 4.34 Å². The molecule has 0 atom stereocenters. The van der Waals surface area contributed by atoms with Crippen molar-refractivity contribution in [1.82, 2.24) is 5.32 Å². The van der Waals surface area contributed by atoms with Crippen molar-refractivity contribution in [2.45, 2.75) is 26.7 Å². The Labute approximate surface area is 157 Å². The van der Waals surface area contributed by atoms with E-state index in [4.69, 9.17) is 11.6 Å². The van der Waals surface area contributed by atoms with Crippen molar-refractivity contribution in [3.8, 4) is 0 Å². The summed E-state index contributed by atoms with van der Waals surface area (Å²) < 4.78 is 0.587. The monoisotopic (exact) mass is 378 g/mol. The van der Waals surface area contributed by atoms with E-state index in [1.807, 2.05) is 12.1 Å². The van der Waals surface area contributed by atoms with Crippen LogP contribution in [0.3, 0.4) is 0 Å². The number of para-hydroxylation sites is 1. The summed E-state index contributed by atoms with van der Waals surface area (Å²) in [5, 5.41) is 2.89. The summed E-state index contributed by atoms with van der Waals surface area (Å²) in [5.74, 6) is -0.140. The maximum absolute atomic E-state index is 12.0. The third-order valence-electron chi connectivity index (χ3n) is 3.97. The molecule has 1 heterocycles. The molecule has 0 fully saturated rings. The van der Waals surface area contributed by atoms with Gasteiger partial charge in [-0.15, -0.1) is 11.3 Å². The largest absolute Gasteiger partial charge is 0.370 e. The molecule has 2 rings (SSSR count). The Morgan fingerprint density at radius 1 is 1.16 bits per heavy atom. The number of Topliss-reactive ketones (excluding diaryl/α,β-unsaturated/α-hetero) is 1. The molecule has 1 amide bonds. The summed E-state index contributed by atoms with van der Waals surface area (Å²) in [5.41, 5.74) is 2.40. The topological polar surface area (TPSA) is 49.4 Å². The number of nitrogens with zero attached hydrogens (tertiary/aromatic N) is 1. The summed E-state index contributed by atoms with van der Waals surface area (Å²) >= 11 is 7.07. The van der Waals surface area contributed by atoms with Crippen LogP contribution < -0.4 is 10.2 Å². The average molecular weight is 379 g/mol. The zero-order valence-corrected chi connectivity index (χ0v) is 16.1. The van der Waals surface area contributed by atoms with Crippen molar-refractivity contribution in [3.05, 3.63) is 51.2 Å². The van der Waals surface area contributed by atoms with E-state index >= 15 is 0 Å². The Hall–Kier alpha value is -1.85. The molecule has 2 aromatic rings. The summed E-state index contributed by atoms with van der Waals surface area (Å²) in [4.78, 5) is 26.8. The lowest BCUT2D eigenvalue weighted by atomic mass is 10.2. The minimum Gasteiger partial charge on any atom is -0.370 e. The van der Waals surface area contributed by atoms with E-state index in [1.165, 1.54) is 22.6 Å². The van der Waals surface area contributed by atoms with E-state index in [1.54, 1.807) is 12.1 Å². The van der Waals surface area contributed by atoms with Gasteiger partial charge in [0.1, 0.15) is 0 Å². The van der Waals surface area contributed by atoms with Crippen LogP contribution in [0.4, 0.5) is 5.69 Å². The number of aryl methyl sites for hydroxylation is 1. The molecule has 0 saturated carbocycles. The van der Waals surface area contributed by atoms with E-state index in [9.17, 15) is 9.59 Å². The fraction of sp³-hybridized carbons (Fsp3) is 0.368. The minimum atomic E-state index is -0.100. The SMILES string of the molecule is CCN(CCNC(=O)CCC(=O)c1ccc(Cl)s1)c1ccccc1C. The van der Waals surface area contributed by atoms with E-state index in [0.29, 0.717) is 15.8 Å². The molecule has 1 aromatic heterocycles. The normalized spacial score (nSPS) is 10.5. The predicted molar refractivity (Wildman–Crippen MR) is 105 cm³/mol. The third-order valence-corrected chi connectivity index (χ3v) is 5.24. The maximum atomic E-state index is 12.0. The smallest absolute Gasteiger partial charge is 0.220 e. The second-order valence-electron chi connectivity index (χ2n) is 5.74. The highest BCUT2D eigenvalue weighted by atomic mass is 35.5. The molecule has 0 bridgehead atoms. The fourth-order valence-electron chi connectivity index (χ4n) is 2.60. The van der Waals surface area contributed by atoms with Crippen molar-refractivity contribution < 1.29 is 9.59 Å². The van der Waals surface area contributed by atoms with Gasteiger partial charge < -0.3 is 10.2 Å². The van der Waals surface area contributed by atoms with Gasteiger partial charge in [0.25, 0.3) is 0 Å². The first-order valence-corrected chi connectivity index (χ1v) is 9.56. The second-order valence-corrected chi connectivity index (χ2v) is 7.46. The molecular weight excluding hydrogens is 356 g/mol. The Morgan fingerprint density at radius 2 is 1.92 bits per heavy atom. The summed E-state index contributed by atoms with van der Waals surface area (Å²) in [6, 6.07) is 11.6. The number of carbonyl (C=O) groups excluding carboxylic acids is 2. The Kier molecular flexibility index (Phi) is 7.47. The zero-order chi connectivity index (χ0) is 18.2. The van der Waals surface area contributed by atoms with E-state index in [2.05, 4.69) is 36.2 Å². The predicted octanol–water partition coefficient (Wildman–Crippen LogP) is 4.32. The Bertz CT molecular complexity index is 730. The number of nitrogens with one attached hydrogen (secondary N) is 1. The minimum absolute atomic E-state index is 0.0397. The number of hydrogen-bond donors (Lipinski definition) is 1. The molecule has 0 spiro atoms. The van der Waals surface area contributed by atoms with Crippen LogP contribution in [0.5, 0.6) is 0 Å². The van der Waals surface area contributed by atoms with Gasteiger partial charge in [-0.2, -0.15) is 0 Å². The maximum Gasteiger partial charge on any atom is 0.220 e. The number of thiophene rings is 1. The molecule has 4 nitrogen and oxygen atoms in total. The summed E-state index contributed by atoms with van der Waals surface area (Å²) in [6.07, 6.45) is 0.406. The van der Waals surface area contributed by atoms with Crippen molar-refractivity contribution in [2.75, 3.05) is 24.5 Å². The van der Waals surface area contributed by atoms with Crippen LogP contribution in [0.15, 0.2) is 36.4 Å². The van der Waals surface area contributed by atoms with Crippen molar-refractivity contribution in [3.63, 3.8) is 0 Å². The lowest BCUT2D eigenvalue weighted by molar-refractivity contribution is -0.121. The molecule has 0 saturated heterocycles. The highest BCUT2D eigenvalue weighted by Gasteiger charge is 2.12. The molecule has 0 unspecified atom stereocenters. The molecule has 25 heavy (non-hydrogen) atoms. The number of carbonyl (C=O) groups is 2. The number of likely N-dealkylation sites (N-methyl/N-ethyl adjacent to an activating group) is 1. The summed E-state index contributed by atoms with van der Waals surface area (Å²) in [6.45, 7) is 6.35. The number of rotatable bonds is 9. The van der Waals surface area contributed by atoms with Crippen LogP contribution in [0.25, 0.3) is 0 Å². The van der Waals surface area contributed by atoms with Crippen LogP contribution >= 0.6 is 22.9 Å². The van der Waals surface area contributed by atoms with Gasteiger partial charge in [-0.25, -0.2) is 0 Å². The zero-order valence-electron chi connectivity index (χ0n) is 14.5. The lowest BCUT2D eigenvalue weighted by Crippen LogP contribution is -2.35. The number of ketones is 1. The van der Waals surface area contributed by atoms with E-state index in [-0.39, 0.29) is 24.5 Å². The first-order valence-electron chi connectivity index (χ1n) is 8.37. The first-order chi connectivity index (χ1) is 12.0. The van der Waals surface area contributed by atoms with Gasteiger partial charge in [0, 0.05) is 38.2 Å². The molecule has 0 aliphatic heterocycles. The number of amides is 1. The molecule has 6 heteroatoms. The van der Waals surface area contributed by atoms with Gasteiger partial charge in [-0.1, -0.05) is 29.8 Å². The van der Waals surface area contributed by atoms with Crippen molar-refractivity contribution >= 4 is 40.3 Å². The number of halogens is 1. The van der Waals surface area contributed by atoms with Gasteiger partial charge in [-0.3, -0.25) is 9.59 Å². The molecule has 0 aliphatic carbocycles. The van der Waals surface area contributed by atoms with E-state index in [0.717, 1.165) is 13.1 Å². The average Bonchev–Trinajstić information content (AvgIpc) is 3.04. The van der Waals surface area contributed by atoms with Crippen molar-refractivity contribution in [1.29, 1.82) is 0 Å². The first kappa shape index (κ1) is 19.5. The van der Waals surface area contributed by atoms with Crippen LogP contribution in [0.1, 0.15) is 35.0 Å². The Balaban J connectivity index is 1.74. The van der Waals surface area contributed by atoms with Gasteiger partial charge in [-0.05, 0) is 37.6 Å². The number of benzene rings is 1. The van der Waals surface area contributed by atoms with Crippen molar-refractivity contribution in [2.24, 2.45) is 0 Å². The fourth-order valence-corrected chi connectivity index (χ4v) is 3.61. The van der Waals surface area contributed by atoms with Gasteiger partial charge in [0.05, 0.1) is 9.21 Å². The van der Waals surface area contributed by atoms with Crippen LogP contribution in [0, 0.1) is 6.92 Å². The number of hydrogen-bond acceptors (Lipinski definition) is 4. The second kappa shape index (κ2) is 9.59. The highest BCUT2D eigenvalue weighted by Crippen LogP contribution is 2.23.